The fourth-order valence-corrected chi connectivity index (χ4v) is 4.35. The molecule has 26 heavy (non-hydrogen) atoms. The molecular weight excluding hydrogens is 354 g/mol. The number of carbonyl (C=O) groups is 1. The van der Waals surface area contributed by atoms with Crippen molar-refractivity contribution in [2.45, 2.75) is 49.2 Å². The van der Waals surface area contributed by atoms with Gasteiger partial charge in [-0.05, 0) is 31.4 Å². The number of amides is 1. The lowest BCUT2D eigenvalue weighted by Gasteiger charge is -2.31. The van der Waals surface area contributed by atoms with Crippen LogP contribution in [0.2, 0.25) is 0 Å². The largest absolute Gasteiger partial charge is 0.342 e. The molecule has 0 spiro atoms. The molecule has 1 unspecified atom stereocenters. The first-order chi connectivity index (χ1) is 12.5. The zero-order chi connectivity index (χ0) is 18.6. The second-order valence-electron chi connectivity index (χ2n) is 6.55. The number of rotatable bonds is 6. The summed E-state index contributed by atoms with van der Waals surface area (Å²) in [6.45, 7) is 3.28. The van der Waals surface area contributed by atoms with Gasteiger partial charge in [0.2, 0.25) is 11.8 Å². The van der Waals surface area contributed by atoms with Crippen LogP contribution in [0.4, 0.5) is 0 Å². The zero-order valence-electron chi connectivity index (χ0n) is 14.8. The second-order valence-corrected chi connectivity index (χ2v) is 8.54. The van der Waals surface area contributed by atoms with Crippen molar-refractivity contribution < 1.29 is 17.7 Å². The Morgan fingerprint density at radius 2 is 2.08 bits per heavy atom. The van der Waals surface area contributed by atoms with Gasteiger partial charge in [-0.1, -0.05) is 30.3 Å². The molecule has 1 fully saturated rings. The Morgan fingerprint density at radius 1 is 1.31 bits per heavy atom. The van der Waals surface area contributed by atoms with E-state index in [0.29, 0.717) is 18.9 Å². The predicted molar refractivity (Wildman–Crippen MR) is 95.1 cm³/mol. The maximum atomic E-state index is 12.4. The molecule has 1 aliphatic rings. The molecule has 8 heteroatoms. The molecule has 2 aromatic rings. The van der Waals surface area contributed by atoms with Crippen LogP contribution in [0, 0.1) is 0 Å². The van der Waals surface area contributed by atoms with E-state index in [9.17, 15) is 13.2 Å². The van der Waals surface area contributed by atoms with Gasteiger partial charge >= 0.3 is 0 Å². The summed E-state index contributed by atoms with van der Waals surface area (Å²) in [5.41, 5.74) is 0. The van der Waals surface area contributed by atoms with Crippen molar-refractivity contribution in [3.05, 3.63) is 42.0 Å². The first-order valence-electron chi connectivity index (χ1n) is 8.87. The van der Waals surface area contributed by atoms with Crippen molar-refractivity contribution in [2.24, 2.45) is 0 Å². The lowest BCUT2D eigenvalue weighted by Crippen LogP contribution is -2.39. The van der Waals surface area contributed by atoms with E-state index in [0.717, 1.165) is 25.8 Å². The van der Waals surface area contributed by atoms with Crippen molar-refractivity contribution in [3.63, 3.8) is 0 Å². The zero-order valence-corrected chi connectivity index (χ0v) is 15.6. The van der Waals surface area contributed by atoms with Crippen molar-refractivity contribution >= 4 is 15.7 Å². The van der Waals surface area contributed by atoms with E-state index < -0.39 is 9.84 Å². The van der Waals surface area contributed by atoms with Crippen molar-refractivity contribution in [2.75, 3.05) is 13.1 Å². The third-order valence-corrected chi connectivity index (χ3v) is 6.12. The van der Waals surface area contributed by atoms with Crippen LogP contribution >= 0.6 is 0 Å². The standard InChI is InChI=1S/C18H23N3O4S/c1-2-7-17(22)21-11-6-8-14(12-21)18-19-16(20-25-18)13-26(23,24)15-9-4-3-5-10-15/h3-5,9-10,14H,2,6-8,11-13H2,1H3. The molecule has 140 valence electrons. The molecule has 0 saturated carbocycles. The van der Waals surface area contributed by atoms with Gasteiger partial charge in [0.25, 0.3) is 0 Å². The molecule has 2 heterocycles. The number of hydrogen-bond donors (Lipinski definition) is 0. The summed E-state index contributed by atoms with van der Waals surface area (Å²) in [4.78, 5) is 18.5. The Hall–Kier alpha value is -2.22. The smallest absolute Gasteiger partial charge is 0.231 e. The van der Waals surface area contributed by atoms with Gasteiger partial charge in [-0.15, -0.1) is 0 Å². The molecular formula is C18H23N3O4S. The van der Waals surface area contributed by atoms with Gasteiger partial charge in [-0.25, -0.2) is 8.42 Å². The number of carbonyl (C=O) groups excluding carboxylic acids is 1. The van der Waals surface area contributed by atoms with Crippen LogP contribution < -0.4 is 0 Å². The minimum Gasteiger partial charge on any atom is -0.342 e. The SMILES string of the molecule is CCCC(=O)N1CCCC(c2nc(CS(=O)(=O)c3ccccc3)no2)C1. The van der Waals surface area contributed by atoms with Crippen LogP contribution in [0.1, 0.15) is 50.2 Å². The number of piperidine rings is 1. The Labute approximate surface area is 153 Å². The minimum atomic E-state index is -3.51. The lowest BCUT2D eigenvalue weighted by molar-refractivity contribution is -0.132. The molecule has 1 saturated heterocycles. The first-order valence-corrected chi connectivity index (χ1v) is 10.5. The van der Waals surface area contributed by atoms with E-state index in [2.05, 4.69) is 10.1 Å². The molecule has 1 atom stereocenters. The maximum Gasteiger partial charge on any atom is 0.231 e. The number of nitrogens with zero attached hydrogens (tertiary/aromatic N) is 3. The van der Waals surface area contributed by atoms with E-state index in [4.69, 9.17) is 4.52 Å². The predicted octanol–water partition coefficient (Wildman–Crippen LogP) is 2.55. The fourth-order valence-electron chi connectivity index (χ4n) is 3.15. The van der Waals surface area contributed by atoms with Gasteiger partial charge in [0.15, 0.2) is 15.7 Å². The van der Waals surface area contributed by atoms with Crippen molar-refractivity contribution in [3.8, 4) is 0 Å². The van der Waals surface area contributed by atoms with Crippen LogP contribution in [-0.4, -0.2) is 42.5 Å². The summed E-state index contributed by atoms with van der Waals surface area (Å²) >= 11 is 0. The van der Waals surface area contributed by atoms with Crippen molar-refractivity contribution in [1.82, 2.24) is 15.0 Å². The van der Waals surface area contributed by atoms with E-state index in [1.54, 1.807) is 30.3 Å². The van der Waals surface area contributed by atoms with E-state index >= 15 is 0 Å². The molecule has 1 aromatic heterocycles. The quantitative estimate of drug-likeness (QED) is 0.768. The molecule has 0 aliphatic carbocycles. The minimum absolute atomic E-state index is 0.0368. The molecule has 3 rings (SSSR count). The van der Waals surface area contributed by atoms with Crippen LogP contribution in [0.25, 0.3) is 0 Å². The maximum absolute atomic E-state index is 12.4. The van der Waals surface area contributed by atoms with Crippen LogP contribution in [0.5, 0.6) is 0 Å². The van der Waals surface area contributed by atoms with Crippen LogP contribution in [0.3, 0.4) is 0 Å². The van der Waals surface area contributed by atoms with Gasteiger partial charge in [-0.2, -0.15) is 4.98 Å². The molecule has 1 amide bonds. The molecule has 1 aromatic carbocycles. The number of sulfone groups is 1. The average molecular weight is 377 g/mol. The molecule has 0 bridgehead atoms. The van der Waals surface area contributed by atoms with Crippen LogP contribution in [-0.2, 0) is 20.4 Å². The lowest BCUT2D eigenvalue weighted by atomic mass is 9.97. The Balaban J connectivity index is 1.69. The monoisotopic (exact) mass is 377 g/mol. The first kappa shape index (κ1) is 18.6. The number of hydrogen-bond acceptors (Lipinski definition) is 6. The van der Waals surface area contributed by atoms with Gasteiger partial charge in [0.05, 0.1) is 10.8 Å². The normalized spacial score (nSPS) is 18.0. The highest BCUT2D eigenvalue weighted by Gasteiger charge is 2.29. The fraction of sp³-hybridized carbons (Fsp3) is 0.500. The second kappa shape index (κ2) is 7.99. The summed E-state index contributed by atoms with van der Waals surface area (Å²) in [5, 5.41) is 3.84. The highest BCUT2D eigenvalue weighted by Crippen LogP contribution is 2.26. The molecule has 1 aliphatic heterocycles. The van der Waals surface area contributed by atoms with E-state index in [1.165, 1.54) is 0 Å². The number of likely N-dealkylation sites (tertiary alicyclic amines) is 1. The summed E-state index contributed by atoms with van der Waals surface area (Å²) < 4.78 is 30.2. The summed E-state index contributed by atoms with van der Waals surface area (Å²) in [5.74, 6) is 0.373. The van der Waals surface area contributed by atoms with Gasteiger partial charge in [0.1, 0.15) is 5.75 Å². The average Bonchev–Trinajstić information content (AvgIpc) is 3.10. The highest BCUT2D eigenvalue weighted by atomic mass is 32.2. The third-order valence-electron chi connectivity index (χ3n) is 4.49. The molecule has 0 radical (unpaired) electrons. The van der Waals surface area contributed by atoms with E-state index in [1.807, 2.05) is 11.8 Å². The summed E-state index contributed by atoms with van der Waals surface area (Å²) in [6.07, 6.45) is 3.09. The Bertz CT molecular complexity index is 848. The summed E-state index contributed by atoms with van der Waals surface area (Å²) in [7, 11) is -3.51. The van der Waals surface area contributed by atoms with Gasteiger partial charge in [0, 0.05) is 19.5 Å². The Kier molecular flexibility index (Phi) is 5.70. The van der Waals surface area contributed by atoms with Crippen molar-refractivity contribution in [1.29, 1.82) is 0 Å². The molecule has 0 N–H and O–H groups in total. The van der Waals surface area contributed by atoms with Gasteiger partial charge in [-0.3, -0.25) is 4.79 Å². The number of benzene rings is 1. The summed E-state index contributed by atoms with van der Waals surface area (Å²) in [6, 6.07) is 8.22. The number of aromatic nitrogens is 2. The third kappa shape index (κ3) is 4.30. The topological polar surface area (TPSA) is 93.4 Å². The Morgan fingerprint density at radius 3 is 2.81 bits per heavy atom. The molecule has 7 nitrogen and oxygen atoms in total. The van der Waals surface area contributed by atoms with Crippen LogP contribution in [0.15, 0.2) is 39.8 Å². The van der Waals surface area contributed by atoms with E-state index in [-0.39, 0.29) is 28.3 Å². The van der Waals surface area contributed by atoms with Gasteiger partial charge < -0.3 is 9.42 Å². The highest BCUT2D eigenvalue weighted by molar-refractivity contribution is 7.90.